The van der Waals surface area contributed by atoms with E-state index in [9.17, 15) is 14.7 Å². The van der Waals surface area contributed by atoms with Crippen molar-refractivity contribution in [2.24, 2.45) is 0 Å². The summed E-state index contributed by atoms with van der Waals surface area (Å²) in [4.78, 5) is 23.0. The quantitative estimate of drug-likeness (QED) is 0.323. The summed E-state index contributed by atoms with van der Waals surface area (Å²) in [6.45, 7) is 0.0346. The summed E-state index contributed by atoms with van der Waals surface area (Å²) in [5.74, 6) is 4.77. The standard InChI is InChI=1S/C16H20N2O5/c1-23-10-2-3-12-4-6-13(7-5-12)16(21)17-14(11-19)8-9-15(20)18-22/h4-7,14,19,22H,8-11H2,1H3,(H,17,21)(H,18,20)/t14-/m1/s1. The van der Waals surface area contributed by atoms with Crippen molar-refractivity contribution in [3.05, 3.63) is 35.4 Å². The van der Waals surface area contributed by atoms with Crippen LogP contribution in [-0.4, -0.2) is 48.5 Å². The van der Waals surface area contributed by atoms with Gasteiger partial charge in [-0.05, 0) is 30.7 Å². The van der Waals surface area contributed by atoms with E-state index in [0.29, 0.717) is 12.2 Å². The molecule has 7 heteroatoms. The van der Waals surface area contributed by atoms with Gasteiger partial charge in [-0.25, -0.2) is 5.48 Å². The highest BCUT2D eigenvalue weighted by Gasteiger charge is 2.14. The molecule has 1 aromatic carbocycles. The molecule has 0 aliphatic heterocycles. The van der Waals surface area contributed by atoms with E-state index in [2.05, 4.69) is 17.2 Å². The molecule has 0 radical (unpaired) electrons. The number of carbonyl (C=O) groups is 2. The molecule has 0 saturated heterocycles. The second kappa shape index (κ2) is 10.3. The van der Waals surface area contributed by atoms with Gasteiger partial charge >= 0.3 is 0 Å². The van der Waals surface area contributed by atoms with Gasteiger partial charge in [0.15, 0.2) is 0 Å². The molecule has 0 aliphatic carbocycles. The summed E-state index contributed by atoms with van der Waals surface area (Å²) in [5.41, 5.74) is 2.69. The first kappa shape index (κ1) is 18.6. The number of amides is 2. The van der Waals surface area contributed by atoms with Gasteiger partial charge in [0, 0.05) is 24.7 Å². The molecule has 1 rings (SSSR count). The Balaban J connectivity index is 2.59. The van der Waals surface area contributed by atoms with Crippen molar-refractivity contribution in [1.29, 1.82) is 0 Å². The number of carbonyl (C=O) groups excluding carboxylic acids is 2. The lowest BCUT2D eigenvalue weighted by Gasteiger charge is -2.15. The third kappa shape index (κ3) is 6.93. The molecule has 0 aliphatic rings. The lowest BCUT2D eigenvalue weighted by atomic mass is 10.1. The molecule has 0 unspecified atom stereocenters. The maximum absolute atomic E-state index is 12.1. The monoisotopic (exact) mass is 320 g/mol. The largest absolute Gasteiger partial charge is 0.394 e. The SMILES string of the molecule is COCC#Cc1ccc(C(=O)N[C@@H](CO)CCC(=O)NO)cc1. The van der Waals surface area contributed by atoms with Gasteiger partial charge in [0.2, 0.25) is 5.91 Å². The minimum Gasteiger partial charge on any atom is -0.394 e. The van der Waals surface area contributed by atoms with Crippen LogP contribution in [0.15, 0.2) is 24.3 Å². The van der Waals surface area contributed by atoms with Crippen LogP contribution in [0.2, 0.25) is 0 Å². The zero-order valence-electron chi connectivity index (χ0n) is 12.8. The number of methoxy groups -OCH3 is 1. The van der Waals surface area contributed by atoms with Gasteiger partial charge in [0.25, 0.3) is 5.91 Å². The Morgan fingerprint density at radius 1 is 1.30 bits per heavy atom. The van der Waals surface area contributed by atoms with E-state index in [0.717, 1.165) is 5.56 Å². The van der Waals surface area contributed by atoms with Crippen molar-refractivity contribution in [3.63, 3.8) is 0 Å². The van der Waals surface area contributed by atoms with E-state index in [1.54, 1.807) is 31.4 Å². The molecule has 23 heavy (non-hydrogen) atoms. The predicted octanol–water partition coefficient (Wildman–Crippen LogP) is 0.0608. The molecule has 0 spiro atoms. The minimum absolute atomic E-state index is 0.00394. The van der Waals surface area contributed by atoms with Crippen LogP contribution in [0.3, 0.4) is 0 Å². The Hall–Kier alpha value is -2.40. The second-order valence-corrected chi connectivity index (χ2v) is 4.74. The van der Waals surface area contributed by atoms with Crippen LogP contribution >= 0.6 is 0 Å². The second-order valence-electron chi connectivity index (χ2n) is 4.74. The average molecular weight is 320 g/mol. The third-order valence-electron chi connectivity index (χ3n) is 3.00. The fourth-order valence-corrected chi connectivity index (χ4v) is 1.75. The lowest BCUT2D eigenvalue weighted by molar-refractivity contribution is -0.129. The molecule has 1 atom stereocenters. The number of benzene rings is 1. The highest BCUT2D eigenvalue weighted by molar-refractivity contribution is 5.94. The lowest BCUT2D eigenvalue weighted by Crippen LogP contribution is -2.38. The first-order valence-electron chi connectivity index (χ1n) is 7.03. The summed E-state index contributed by atoms with van der Waals surface area (Å²) in [6, 6.07) is 6.11. The van der Waals surface area contributed by atoms with Gasteiger partial charge in [0.05, 0.1) is 12.6 Å². The molecule has 2 amide bonds. The van der Waals surface area contributed by atoms with Crippen molar-refractivity contribution in [2.45, 2.75) is 18.9 Å². The van der Waals surface area contributed by atoms with Crippen molar-refractivity contribution < 1.29 is 24.6 Å². The Morgan fingerprint density at radius 2 is 2.00 bits per heavy atom. The number of hydrogen-bond acceptors (Lipinski definition) is 5. The summed E-state index contributed by atoms with van der Waals surface area (Å²) < 4.78 is 4.82. The van der Waals surface area contributed by atoms with E-state index in [4.69, 9.17) is 9.94 Å². The number of aliphatic hydroxyl groups excluding tert-OH is 1. The number of aliphatic hydroxyl groups is 1. The van der Waals surface area contributed by atoms with Crippen LogP contribution in [0, 0.1) is 11.8 Å². The highest BCUT2D eigenvalue weighted by atomic mass is 16.5. The van der Waals surface area contributed by atoms with Crippen LogP contribution in [-0.2, 0) is 9.53 Å². The predicted molar refractivity (Wildman–Crippen MR) is 82.7 cm³/mol. The number of hydroxylamine groups is 1. The summed E-state index contributed by atoms with van der Waals surface area (Å²) in [5, 5.41) is 20.3. The molecule has 0 fully saturated rings. The minimum atomic E-state index is -0.573. The molecular formula is C16H20N2O5. The van der Waals surface area contributed by atoms with Gasteiger partial charge in [-0.2, -0.15) is 0 Å². The first-order valence-corrected chi connectivity index (χ1v) is 7.03. The molecule has 4 N–H and O–H groups in total. The number of hydrogen-bond donors (Lipinski definition) is 4. The molecule has 0 bridgehead atoms. The summed E-state index contributed by atoms with van der Waals surface area (Å²) in [6.07, 6.45) is 0.214. The first-order chi connectivity index (χ1) is 11.1. The zero-order chi connectivity index (χ0) is 17.1. The van der Waals surface area contributed by atoms with Gasteiger partial charge in [0.1, 0.15) is 6.61 Å². The maximum atomic E-state index is 12.1. The Labute approximate surface area is 134 Å². The summed E-state index contributed by atoms with van der Waals surface area (Å²) >= 11 is 0. The van der Waals surface area contributed by atoms with E-state index in [1.165, 1.54) is 5.48 Å². The molecule has 0 heterocycles. The van der Waals surface area contributed by atoms with Gasteiger partial charge in [-0.3, -0.25) is 14.8 Å². The van der Waals surface area contributed by atoms with Crippen molar-refractivity contribution in [2.75, 3.05) is 20.3 Å². The number of ether oxygens (including phenoxy) is 1. The molecule has 7 nitrogen and oxygen atoms in total. The molecular weight excluding hydrogens is 300 g/mol. The zero-order valence-corrected chi connectivity index (χ0v) is 12.8. The fraction of sp³-hybridized carbons (Fsp3) is 0.375. The van der Waals surface area contributed by atoms with Gasteiger partial charge < -0.3 is 15.2 Å². The average Bonchev–Trinajstić information content (AvgIpc) is 2.58. The molecule has 0 aromatic heterocycles. The van der Waals surface area contributed by atoms with E-state index in [-0.39, 0.29) is 25.4 Å². The van der Waals surface area contributed by atoms with Gasteiger partial charge in [-0.15, -0.1) is 0 Å². The van der Waals surface area contributed by atoms with Crippen molar-refractivity contribution >= 4 is 11.8 Å². The summed E-state index contributed by atoms with van der Waals surface area (Å²) in [7, 11) is 1.56. The van der Waals surface area contributed by atoms with Gasteiger partial charge in [-0.1, -0.05) is 11.8 Å². The van der Waals surface area contributed by atoms with Crippen molar-refractivity contribution in [3.8, 4) is 11.8 Å². The topological polar surface area (TPSA) is 108 Å². The normalized spacial score (nSPS) is 11.1. The molecule has 1 aromatic rings. The van der Waals surface area contributed by atoms with E-state index >= 15 is 0 Å². The van der Waals surface area contributed by atoms with Crippen LogP contribution in [0.5, 0.6) is 0 Å². The van der Waals surface area contributed by atoms with Crippen LogP contribution in [0.4, 0.5) is 0 Å². The van der Waals surface area contributed by atoms with E-state index < -0.39 is 11.9 Å². The number of nitrogens with one attached hydrogen (secondary N) is 2. The fourth-order valence-electron chi connectivity index (χ4n) is 1.75. The van der Waals surface area contributed by atoms with Crippen LogP contribution in [0.1, 0.15) is 28.8 Å². The van der Waals surface area contributed by atoms with Crippen LogP contribution < -0.4 is 10.8 Å². The number of rotatable bonds is 7. The third-order valence-corrected chi connectivity index (χ3v) is 3.00. The highest BCUT2D eigenvalue weighted by Crippen LogP contribution is 2.05. The maximum Gasteiger partial charge on any atom is 0.251 e. The van der Waals surface area contributed by atoms with Crippen molar-refractivity contribution in [1.82, 2.24) is 10.8 Å². The smallest absolute Gasteiger partial charge is 0.251 e. The van der Waals surface area contributed by atoms with E-state index in [1.807, 2.05) is 0 Å². The Morgan fingerprint density at radius 3 is 2.57 bits per heavy atom. The Kier molecular flexibility index (Phi) is 8.39. The Bertz CT molecular complexity index is 574. The molecule has 0 saturated carbocycles. The molecule has 124 valence electrons. The van der Waals surface area contributed by atoms with Crippen LogP contribution in [0.25, 0.3) is 0 Å².